The third-order valence-corrected chi connectivity index (χ3v) is 8.11. The van der Waals surface area contributed by atoms with Crippen molar-refractivity contribution >= 4 is 59.0 Å². The van der Waals surface area contributed by atoms with Crippen LogP contribution in [0.5, 0.6) is 0 Å². The normalized spacial score (nSPS) is 12.5. The van der Waals surface area contributed by atoms with Crippen LogP contribution in [0, 0.1) is 5.82 Å². The molecule has 0 bridgehead atoms. The number of alkyl halides is 2. The van der Waals surface area contributed by atoms with Gasteiger partial charge < -0.3 is 0 Å². The molecule has 0 nitrogen and oxygen atoms in total. The van der Waals surface area contributed by atoms with E-state index >= 15 is 4.39 Å². The quantitative estimate of drug-likeness (QED) is 0.129. The van der Waals surface area contributed by atoms with Gasteiger partial charge in [0.1, 0.15) is 11.6 Å². The van der Waals surface area contributed by atoms with E-state index in [4.69, 9.17) is 0 Å². The monoisotopic (exact) mass is 630 g/mol. The zero-order chi connectivity index (χ0) is 26.8. The van der Waals surface area contributed by atoms with Crippen LogP contribution in [0.3, 0.4) is 0 Å². The molecule has 0 aliphatic carbocycles. The molecule has 0 saturated heterocycles. The summed E-state index contributed by atoms with van der Waals surface area (Å²) in [5.74, 6) is -0.501. The van der Waals surface area contributed by atoms with Crippen LogP contribution in [0.2, 0.25) is 0 Å². The molecule has 5 aromatic rings. The van der Waals surface area contributed by atoms with E-state index in [2.05, 4.69) is 68.3 Å². The fraction of sp³-hybridized carbons (Fsp3) is 0.118. The topological polar surface area (TPSA) is 0 Å². The van der Waals surface area contributed by atoms with Crippen LogP contribution in [0.4, 0.5) is 8.78 Å². The molecule has 0 fully saturated rings. The van der Waals surface area contributed by atoms with Crippen molar-refractivity contribution in [3.8, 4) is 22.3 Å². The van der Waals surface area contributed by atoms with Gasteiger partial charge in [-0.05, 0) is 87.0 Å². The Balaban J connectivity index is 2.04. The molecule has 38 heavy (non-hydrogen) atoms. The highest BCUT2D eigenvalue weighted by molar-refractivity contribution is 9.08. The number of benzene rings is 5. The van der Waals surface area contributed by atoms with Crippen LogP contribution in [0.1, 0.15) is 30.5 Å². The van der Waals surface area contributed by atoms with Gasteiger partial charge in [0.25, 0.3) is 0 Å². The van der Waals surface area contributed by atoms with Crippen LogP contribution in [0.25, 0.3) is 49.4 Å². The van der Waals surface area contributed by atoms with Gasteiger partial charge in [0, 0.05) is 21.8 Å². The minimum atomic E-state index is -0.262. The lowest BCUT2D eigenvalue weighted by Crippen LogP contribution is -2.01. The first-order chi connectivity index (χ1) is 18.5. The number of halogens is 4. The predicted molar refractivity (Wildman–Crippen MR) is 166 cm³/mol. The van der Waals surface area contributed by atoms with Gasteiger partial charge in [-0.25, -0.2) is 8.78 Å². The maximum absolute atomic E-state index is 15.2. The first-order valence-electron chi connectivity index (χ1n) is 12.5. The minimum Gasteiger partial charge on any atom is -0.211 e. The number of rotatable bonds is 6. The van der Waals surface area contributed by atoms with Crippen LogP contribution in [-0.2, 0) is 10.7 Å². The van der Waals surface area contributed by atoms with E-state index in [-0.39, 0.29) is 11.6 Å². The van der Waals surface area contributed by atoms with Gasteiger partial charge in [-0.3, -0.25) is 0 Å². The molecule has 0 heterocycles. The van der Waals surface area contributed by atoms with Crippen molar-refractivity contribution in [2.75, 3.05) is 0 Å². The summed E-state index contributed by atoms with van der Waals surface area (Å²) < 4.78 is 30.2. The Hall–Kier alpha value is -3.08. The molecule has 5 rings (SSSR count). The molecular formula is C34H26Br2F2. The first-order valence-corrected chi connectivity index (χ1v) is 14.7. The summed E-state index contributed by atoms with van der Waals surface area (Å²) in [4.78, 5) is 0. The summed E-state index contributed by atoms with van der Waals surface area (Å²) in [5, 5.41) is 5.23. The molecule has 0 aliphatic heterocycles. The standard InChI is InChI=1S/C34H26Br2F2/c1-3-10-24(21(2)37)28-17-22-11-4-6-13-25(22)33(30(28)19-35)34-26-14-7-5-12-23(26)18-29(31(34)20-36)27-15-8-9-16-32(27)38/h3-18H,19-20H2,1-2H3/b10-3-,24-21-. The predicted octanol–water partition coefficient (Wildman–Crippen LogP) is 11.5. The SMILES string of the molecule is C/C=C\C(=C(/C)F)c1cc2ccccc2c(-c2c(CBr)c(-c3ccccc3F)cc3ccccc23)c1CBr. The zero-order valence-corrected chi connectivity index (χ0v) is 24.3. The number of hydrogen-bond acceptors (Lipinski definition) is 0. The van der Waals surface area contributed by atoms with Gasteiger partial charge in [-0.2, -0.15) is 0 Å². The van der Waals surface area contributed by atoms with Crippen LogP contribution in [0.15, 0.2) is 103 Å². The van der Waals surface area contributed by atoms with Gasteiger partial charge in [0.2, 0.25) is 0 Å². The van der Waals surface area contributed by atoms with Gasteiger partial charge >= 0.3 is 0 Å². The summed E-state index contributed by atoms with van der Waals surface area (Å²) in [6.45, 7) is 3.40. The second-order valence-electron chi connectivity index (χ2n) is 9.19. The minimum absolute atomic E-state index is 0.239. The smallest absolute Gasteiger partial charge is 0.131 e. The first kappa shape index (κ1) is 26.5. The molecule has 5 aromatic carbocycles. The maximum atomic E-state index is 15.2. The second-order valence-corrected chi connectivity index (χ2v) is 10.3. The molecule has 0 saturated carbocycles. The Kier molecular flexibility index (Phi) is 7.92. The van der Waals surface area contributed by atoms with Crippen molar-refractivity contribution in [1.29, 1.82) is 0 Å². The second kappa shape index (κ2) is 11.3. The van der Waals surface area contributed by atoms with Crippen molar-refractivity contribution < 1.29 is 8.78 Å². The maximum Gasteiger partial charge on any atom is 0.131 e. The molecule has 4 heteroatoms. The van der Waals surface area contributed by atoms with Crippen molar-refractivity contribution in [2.45, 2.75) is 24.5 Å². The molecule has 0 N–H and O–H groups in total. The number of allylic oxidation sites excluding steroid dienone is 4. The van der Waals surface area contributed by atoms with Crippen molar-refractivity contribution in [3.63, 3.8) is 0 Å². The third kappa shape index (κ3) is 4.65. The Bertz CT molecular complexity index is 1730. The Labute approximate surface area is 239 Å². The van der Waals surface area contributed by atoms with Crippen molar-refractivity contribution in [2.24, 2.45) is 0 Å². The van der Waals surface area contributed by atoms with Gasteiger partial charge in [0.15, 0.2) is 0 Å². The van der Waals surface area contributed by atoms with Crippen LogP contribution >= 0.6 is 31.9 Å². The van der Waals surface area contributed by atoms with E-state index in [1.807, 2.05) is 55.5 Å². The Morgan fingerprint density at radius 3 is 1.87 bits per heavy atom. The lowest BCUT2D eigenvalue weighted by atomic mass is 9.82. The van der Waals surface area contributed by atoms with Gasteiger partial charge in [-0.1, -0.05) is 111 Å². The molecule has 0 atom stereocenters. The highest BCUT2D eigenvalue weighted by Gasteiger charge is 2.23. The van der Waals surface area contributed by atoms with Crippen LogP contribution < -0.4 is 0 Å². The largest absolute Gasteiger partial charge is 0.211 e. The summed E-state index contributed by atoms with van der Waals surface area (Å²) in [6.07, 6.45) is 3.69. The van der Waals surface area contributed by atoms with E-state index in [0.29, 0.717) is 21.8 Å². The fourth-order valence-corrected chi connectivity index (χ4v) is 6.51. The lowest BCUT2D eigenvalue weighted by Gasteiger charge is -2.23. The molecular weight excluding hydrogens is 606 g/mol. The van der Waals surface area contributed by atoms with Crippen molar-refractivity contribution in [3.05, 3.63) is 125 Å². The highest BCUT2D eigenvalue weighted by Crippen LogP contribution is 2.47. The lowest BCUT2D eigenvalue weighted by molar-refractivity contribution is 0.631. The molecule has 0 radical (unpaired) electrons. The average molecular weight is 632 g/mol. The average Bonchev–Trinajstić information content (AvgIpc) is 2.94. The molecule has 0 aromatic heterocycles. The molecule has 0 spiro atoms. The number of fused-ring (bicyclic) bond motifs is 2. The Morgan fingerprint density at radius 2 is 1.29 bits per heavy atom. The molecule has 0 amide bonds. The molecule has 190 valence electrons. The Morgan fingerprint density at radius 1 is 0.737 bits per heavy atom. The van der Waals surface area contributed by atoms with E-state index in [1.54, 1.807) is 6.07 Å². The van der Waals surface area contributed by atoms with E-state index in [1.165, 1.54) is 13.0 Å². The summed E-state index contributed by atoms with van der Waals surface area (Å²) >= 11 is 7.51. The summed E-state index contributed by atoms with van der Waals surface area (Å²) in [6, 6.07) is 27.5. The molecule has 0 aliphatic rings. The highest BCUT2D eigenvalue weighted by atomic mass is 79.9. The van der Waals surface area contributed by atoms with E-state index < -0.39 is 0 Å². The van der Waals surface area contributed by atoms with Crippen molar-refractivity contribution in [1.82, 2.24) is 0 Å². The summed E-state index contributed by atoms with van der Waals surface area (Å²) in [5.41, 5.74) is 6.85. The van der Waals surface area contributed by atoms with E-state index in [0.717, 1.165) is 54.9 Å². The molecule has 0 unspecified atom stereocenters. The van der Waals surface area contributed by atoms with Gasteiger partial charge in [0.05, 0.1) is 0 Å². The van der Waals surface area contributed by atoms with E-state index in [9.17, 15) is 4.39 Å². The van der Waals surface area contributed by atoms with Crippen LogP contribution in [-0.4, -0.2) is 0 Å². The number of hydrogen-bond donors (Lipinski definition) is 0. The third-order valence-electron chi connectivity index (χ3n) is 6.99. The summed E-state index contributed by atoms with van der Waals surface area (Å²) in [7, 11) is 0. The van der Waals surface area contributed by atoms with Gasteiger partial charge in [-0.15, -0.1) is 0 Å². The fourth-order valence-electron chi connectivity index (χ4n) is 5.35. The zero-order valence-electron chi connectivity index (χ0n) is 21.2.